The molecule has 0 spiro atoms. The van der Waals surface area contributed by atoms with Crippen molar-refractivity contribution in [2.45, 2.75) is 19.6 Å². The van der Waals surface area contributed by atoms with Crippen LogP contribution in [0.15, 0.2) is 30.3 Å². The van der Waals surface area contributed by atoms with Gasteiger partial charge in [-0.25, -0.2) is 4.68 Å². The van der Waals surface area contributed by atoms with Gasteiger partial charge in [-0.1, -0.05) is 23.8 Å². The van der Waals surface area contributed by atoms with E-state index in [9.17, 15) is 22.0 Å². The fourth-order valence-corrected chi connectivity index (χ4v) is 1.70. The molecule has 1 aromatic carbocycles. The van der Waals surface area contributed by atoms with Gasteiger partial charge in [0.25, 0.3) is 0 Å². The van der Waals surface area contributed by atoms with Crippen molar-refractivity contribution in [3.8, 4) is 11.3 Å². The molecule has 1 aromatic heterocycles. The standard InChI is InChI=1S/C12H9F5N2/c1-7-3-2-4-8(5-7)9-6-10(12(15,16)17)18-19(9)11(13)14/h2-6,11H,1H3. The molecular weight excluding hydrogens is 267 g/mol. The lowest BCUT2D eigenvalue weighted by atomic mass is 10.1. The van der Waals surface area contributed by atoms with Gasteiger partial charge in [0.05, 0.1) is 5.69 Å². The van der Waals surface area contributed by atoms with Gasteiger partial charge in [0.1, 0.15) is 0 Å². The average molecular weight is 276 g/mol. The first-order chi connectivity index (χ1) is 8.79. The van der Waals surface area contributed by atoms with Crippen molar-refractivity contribution in [1.29, 1.82) is 0 Å². The Kier molecular flexibility index (Phi) is 3.30. The third kappa shape index (κ3) is 2.74. The van der Waals surface area contributed by atoms with Crippen molar-refractivity contribution < 1.29 is 22.0 Å². The molecule has 0 aliphatic rings. The van der Waals surface area contributed by atoms with Crippen molar-refractivity contribution in [2.24, 2.45) is 0 Å². The van der Waals surface area contributed by atoms with Gasteiger partial charge in [-0.3, -0.25) is 0 Å². The molecular formula is C12H9F5N2. The first kappa shape index (κ1) is 13.5. The summed E-state index contributed by atoms with van der Waals surface area (Å²) in [4.78, 5) is 0. The van der Waals surface area contributed by atoms with Gasteiger partial charge in [-0.15, -0.1) is 0 Å². The molecule has 1 heterocycles. The Morgan fingerprint density at radius 1 is 1.16 bits per heavy atom. The number of halogens is 5. The average Bonchev–Trinajstić information content (AvgIpc) is 2.73. The van der Waals surface area contributed by atoms with Gasteiger partial charge in [0, 0.05) is 5.56 Å². The van der Waals surface area contributed by atoms with E-state index in [4.69, 9.17) is 0 Å². The molecule has 2 aromatic rings. The lowest BCUT2D eigenvalue weighted by Crippen LogP contribution is -2.08. The Bertz CT molecular complexity index is 586. The van der Waals surface area contributed by atoms with E-state index in [0.29, 0.717) is 6.07 Å². The number of aromatic nitrogens is 2. The number of nitrogens with zero attached hydrogens (tertiary/aromatic N) is 2. The molecule has 0 aliphatic carbocycles. The zero-order valence-corrected chi connectivity index (χ0v) is 9.75. The topological polar surface area (TPSA) is 17.8 Å². The molecule has 0 unspecified atom stereocenters. The van der Waals surface area contributed by atoms with E-state index in [1.54, 1.807) is 19.1 Å². The van der Waals surface area contributed by atoms with E-state index in [1.165, 1.54) is 12.1 Å². The molecule has 7 heteroatoms. The first-order valence-electron chi connectivity index (χ1n) is 5.31. The van der Waals surface area contributed by atoms with Crippen LogP contribution < -0.4 is 0 Å². The highest BCUT2D eigenvalue weighted by atomic mass is 19.4. The third-order valence-electron chi connectivity index (χ3n) is 2.52. The van der Waals surface area contributed by atoms with Crippen LogP contribution in [0.3, 0.4) is 0 Å². The van der Waals surface area contributed by atoms with Crippen molar-refractivity contribution in [3.63, 3.8) is 0 Å². The van der Waals surface area contributed by atoms with Crippen LogP contribution in [-0.4, -0.2) is 9.78 Å². The van der Waals surface area contributed by atoms with Crippen LogP contribution >= 0.6 is 0 Å². The molecule has 0 N–H and O–H groups in total. The maximum atomic E-state index is 12.7. The van der Waals surface area contributed by atoms with Gasteiger partial charge in [0.15, 0.2) is 5.69 Å². The highest BCUT2D eigenvalue weighted by molar-refractivity contribution is 5.61. The van der Waals surface area contributed by atoms with Crippen molar-refractivity contribution in [2.75, 3.05) is 0 Å². The number of aryl methyl sites for hydroxylation is 1. The van der Waals surface area contributed by atoms with E-state index < -0.39 is 18.4 Å². The summed E-state index contributed by atoms with van der Waals surface area (Å²) >= 11 is 0. The molecule has 2 rings (SSSR count). The van der Waals surface area contributed by atoms with Crippen molar-refractivity contribution in [1.82, 2.24) is 9.78 Å². The van der Waals surface area contributed by atoms with Crippen LogP contribution in [0.5, 0.6) is 0 Å². The Morgan fingerprint density at radius 2 is 1.84 bits per heavy atom. The smallest absolute Gasteiger partial charge is 0.203 e. The summed E-state index contributed by atoms with van der Waals surface area (Å²) in [6.45, 7) is -1.41. The molecule has 0 saturated carbocycles. The maximum absolute atomic E-state index is 12.7. The molecule has 0 aliphatic heterocycles. The van der Waals surface area contributed by atoms with Crippen LogP contribution in [0.2, 0.25) is 0 Å². The maximum Gasteiger partial charge on any atom is 0.435 e. The predicted octanol–water partition coefficient (Wildman–Crippen LogP) is 4.27. The minimum absolute atomic E-state index is 0.0809. The molecule has 2 nitrogen and oxygen atoms in total. The van der Waals surface area contributed by atoms with Crippen LogP contribution in [0, 0.1) is 6.92 Å². The summed E-state index contributed by atoms with van der Waals surface area (Å²) in [5, 5.41) is 2.93. The van der Waals surface area contributed by atoms with E-state index in [2.05, 4.69) is 5.10 Å². The zero-order chi connectivity index (χ0) is 14.2. The highest BCUT2D eigenvalue weighted by Gasteiger charge is 2.36. The first-order valence-corrected chi connectivity index (χ1v) is 5.31. The third-order valence-corrected chi connectivity index (χ3v) is 2.52. The van der Waals surface area contributed by atoms with Crippen LogP contribution in [-0.2, 0) is 6.18 Å². The zero-order valence-electron chi connectivity index (χ0n) is 9.75. The summed E-state index contributed by atoms with van der Waals surface area (Å²) < 4.78 is 63.1. The predicted molar refractivity (Wildman–Crippen MR) is 58.7 cm³/mol. The second kappa shape index (κ2) is 4.64. The molecule has 102 valence electrons. The quantitative estimate of drug-likeness (QED) is 0.749. The van der Waals surface area contributed by atoms with E-state index in [-0.39, 0.29) is 15.9 Å². The Labute approximate surface area is 105 Å². The van der Waals surface area contributed by atoms with Gasteiger partial charge in [0.2, 0.25) is 0 Å². The number of alkyl halides is 5. The minimum Gasteiger partial charge on any atom is -0.203 e. The SMILES string of the molecule is Cc1cccc(-c2cc(C(F)(F)F)nn2C(F)F)c1. The highest BCUT2D eigenvalue weighted by Crippen LogP contribution is 2.33. The fraction of sp³-hybridized carbons (Fsp3) is 0.250. The molecule has 19 heavy (non-hydrogen) atoms. The van der Waals surface area contributed by atoms with E-state index >= 15 is 0 Å². The number of rotatable bonds is 2. The number of hydrogen-bond acceptors (Lipinski definition) is 1. The van der Waals surface area contributed by atoms with Crippen molar-refractivity contribution in [3.05, 3.63) is 41.6 Å². The summed E-state index contributed by atoms with van der Waals surface area (Å²) in [7, 11) is 0. The second-order valence-corrected chi connectivity index (χ2v) is 4.00. The molecule has 0 atom stereocenters. The lowest BCUT2D eigenvalue weighted by Gasteiger charge is -2.06. The van der Waals surface area contributed by atoms with Crippen LogP contribution in [0.25, 0.3) is 11.3 Å². The van der Waals surface area contributed by atoms with Gasteiger partial charge >= 0.3 is 12.7 Å². The summed E-state index contributed by atoms with van der Waals surface area (Å²) in [5.74, 6) is 0. The summed E-state index contributed by atoms with van der Waals surface area (Å²) in [5.41, 5.74) is -0.563. The lowest BCUT2D eigenvalue weighted by molar-refractivity contribution is -0.142. The Morgan fingerprint density at radius 3 is 2.37 bits per heavy atom. The van der Waals surface area contributed by atoms with Crippen LogP contribution in [0.4, 0.5) is 22.0 Å². The summed E-state index contributed by atoms with van der Waals surface area (Å²) in [6, 6.07) is 6.91. The minimum atomic E-state index is -4.75. The molecule has 0 bridgehead atoms. The fourth-order valence-electron chi connectivity index (χ4n) is 1.70. The largest absolute Gasteiger partial charge is 0.435 e. The second-order valence-electron chi connectivity index (χ2n) is 4.00. The Balaban J connectivity index is 2.59. The van der Waals surface area contributed by atoms with Gasteiger partial charge in [-0.05, 0) is 19.1 Å². The molecule has 0 saturated heterocycles. The monoisotopic (exact) mass is 276 g/mol. The van der Waals surface area contributed by atoms with Gasteiger partial charge < -0.3 is 0 Å². The molecule has 0 radical (unpaired) electrons. The van der Waals surface area contributed by atoms with E-state index in [1.807, 2.05) is 0 Å². The normalized spacial score (nSPS) is 12.2. The van der Waals surface area contributed by atoms with E-state index in [0.717, 1.165) is 5.56 Å². The molecule has 0 fully saturated rings. The van der Waals surface area contributed by atoms with Gasteiger partial charge in [-0.2, -0.15) is 27.1 Å². The summed E-state index contributed by atoms with van der Waals surface area (Å²) in [6.07, 6.45) is -4.75. The number of hydrogen-bond donors (Lipinski definition) is 0. The van der Waals surface area contributed by atoms with Crippen LogP contribution in [0.1, 0.15) is 17.8 Å². The molecule has 0 amide bonds. The van der Waals surface area contributed by atoms with Crippen molar-refractivity contribution >= 4 is 0 Å². The number of benzene rings is 1. The Hall–Kier alpha value is -1.92.